The molecule has 4 atom stereocenters. The number of alkyl halides is 12. The van der Waals surface area contributed by atoms with Crippen LogP contribution >= 0.6 is 20.9 Å². The normalized spacial score (nSPS) is 30.6. The maximum atomic E-state index is 13.7. The van der Waals surface area contributed by atoms with E-state index in [1.807, 2.05) is 72.8 Å². The summed E-state index contributed by atoms with van der Waals surface area (Å²) in [7, 11) is -0.243. The van der Waals surface area contributed by atoms with Gasteiger partial charge in [-0.15, -0.1) is 0 Å². The number of benzene rings is 8. The van der Waals surface area contributed by atoms with Crippen LogP contribution < -0.4 is 31.4 Å². The minimum atomic E-state index is -4.36. The molecule has 2 saturated heterocycles. The van der Waals surface area contributed by atoms with E-state index >= 15 is 0 Å². The monoisotopic (exact) mass is 2110 g/mol. The van der Waals surface area contributed by atoms with Crippen LogP contribution in [0.2, 0.25) is 0 Å². The average molecular weight is 2110 g/mol. The lowest BCUT2D eigenvalue weighted by Gasteiger charge is -2.63. The molecular weight excluding hydrogens is 1980 g/mol. The predicted octanol–water partition coefficient (Wildman–Crippen LogP) is 25.9. The highest BCUT2D eigenvalue weighted by molar-refractivity contribution is 7.50. The van der Waals surface area contributed by atoms with E-state index in [9.17, 15) is 71.9 Å². The summed E-state index contributed by atoms with van der Waals surface area (Å²) in [6.45, 7) is 9.31. The number of ether oxygens (including phenoxy) is 12. The summed E-state index contributed by atoms with van der Waals surface area (Å²) < 4.78 is 236. The van der Waals surface area contributed by atoms with Crippen molar-refractivity contribution in [3.05, 3.63) is 194 Å². The molecule has 2 spiro atoms. The van der Waals surface area contributed by atoms with Gasteiger partial charge >= 0.3 is 59.4 Å². The quantitative estimate of drug-likeness (QED) is 0.0286. The molecule has 2 aromatic heterocycles. The minimum Gasteiger partial charge on any atom is -1.00 e. The van der Waals surface area contributed by atoms with Crippen LogP contribution in [0.3, 0.4) is 0 Å². The molecule has 18 aliphatic rings. The first-order valence-corrected chi connectivity index (χ1v) is 53.8. The Bertz CT molecular complexity index is 5770. The second-order valence-electron chi connectivity index (χ2n) is 43.8. The van der Waals surface area contributed by atoms with Gasteiger partial charge in [0.05, 0.1) is 0 Å². The molecule has 0 amide bonds. The van der Waals surface area contributed by atoms with Crippen molar-refractivity contribution < 1.29 is 141 Å². The van der Waals surface area contributed by atoms with Gasteiger partial charge in [0.1, 0.15) is 83.3 Å². The summed E-state index contributed by atoms with van der Waals surface area (Å²) in [6, 6.07) is 66.5. The smallest absolute Gasteiger partial charge is 0.377 e. The van der Waals surface area contributed by atoms with E-state index in [2.05, 4.69) is 161 Å². The number of hydrogen-bond acceptors (Lipinski definition) is 17. The van der Waals surface area contributed by atoms with Crippen molar-refractivity contribution in [2.45, 2.75) is 254 Å². The van der Waals surface area contributed by atoms with Crippen molar-refractivity contribution in [3.8, 4) is 44.3 Å². The highest BCUT2D eigenvalue weighted by atomic mass is 35.5. The number of halogens is 13. The minimum absolute atomic E-state index is 0. The highest BCUT2D eigenvalue weighted by Crippen LogP contribution is 2.68. The number of fused-ring (bicyclic) bond motifs is 6. The van der Waals surface area contributed by atoms with Crippen LogP contribution in [0.5, 0.6) is 34.5 Å². The molecule has 10 aromatic rings. The van der Waals surface area contributed by atoms with Crippen LogP contribution in [0.25, 0.3) is 50.1 Å². The maximum Gasteiger partial charge on any atom is 0.377 e. The Morgan fingerprint density at radius 1 is 0.333 bits per heavy atom. The molecule has 18 fully saturated rings. The third-order valence-corrected chi connectivity index (χ3v) is 39.0. The summed E-state index contributed by atoms with van der Waals surface area (Å²) in [4.78, 5) is 54.0. The van der Waals surface area contributed by atoms with Gasteiger partial charge in [-0.05, 0) is 342 Å². The Balaban J connectivity index is 0.000000127. The van der Waals surface area contributed by atoms with E-state index in [0.29, 0.717) is 87.5 Å². The molecule has 16 aliphatic carbocycles. The fourth-order valence-corrected chi connectivity index (χ4v) is 32.6. The molecule has 32 heteroatoms. The van der Waals surface area contributed by atoms with E-state index in [1.165, 1.54) is 134 Å². The second-order valence-corrected chi connectivity index (χ2v) is 47.8. The van der Waals surface area contributed by atoms with Crippen LogP contribution in [0.15, 0.2) is 194 Å². The topological polar surface area (TPSA) is 182 Å². The molecule has 0 N–H and O–H groups in total. The zero-order chi connectivity index (χ0) is 102. The van der Waals surface area contributed by atoms with E-state index in [4.69, 9.17) is 56.8 Å². The lowest BCUT2D eigenvalue weighted by molar-refractivity contribution is -0.355. The summed E-state index contributed by atoms with van der Waals surface area (Å²) in [5.74, 6) is -24.4. The maximum absolute atomic E-state index is 13.7. The van der Waals surface area contributed by atoms with Crippen LogP contribution in [-0.2, 0) is 57.1 Å². The average Bonchev–Trinajstić information content (AvgIpc) is 1.56. The number of rotatable bonds is 21. The summed E-state index contributed by atoms with van der Waals surface area (Å²) in [6.07, 6.45) is 15.4. The lowest BCUT2D eigenvalue weighted by atomic mass is 9.50. The fraction of sp³-hybridized carbons (Fsp3) is 0.548. The molecule has 2 aliphatic heterocycles. The number of hydrogen-bond donors (Lipinski definition) is 0. The molecule has 4 unspecified atom stereocenters. The van der Waals surface area contributed by atoms with Gasteiger partial charge in [0, 0.05) is 104 Å². The van der Waals surface area contributed by atoms with E-state index in [-0.39, 0.29) is 115 Å². The fourth-order valence-electron chi connectivity index (χ4n) is 27.9. The van der Waals surface area contributed by atoms with Gasteiger partial charge < -0.3 is 74.1 Å². The largest absolute Gasteiger partial charge is 1.00 e. The standard InChI is InChI=1S/2C37H35O4S.2C17H20F6O4.C6H15N.CH4.ClH/c2*1-37(26-19-24-18-25(21-26)22-27(37)20-24)41-36(38)23-39-28-10-12-29(13-11-28)40-30-14-16-31(17-15-30)42-34-8-4-2-6-32(34)33-7-3-5-9-35(33)42;2*1-13(18,19)12(24)27-14-4-9-2-10(5-14)17(11(3-9)6-14)25-7-15(20,21)16(22,23)8-26-17;1-4-7(5-2)6-3;;/h2*2-17,24-27H,18-23H2,1H3;2*9-11H,2-8H2,1H3;4-6H2,1-3H3;1H4;1H/q2*+1;;;;;/p-1. The number of esters is 4. The zero-order valence-electron chi connectivity index (χ0n) is 82.8. The SMILES string of the molecule is C.CC(F)(F)C(=O)OC12CC3CC(C1)C1(OCC(F)(F)C(F)(F)CO1)C(C3)C2.CC(F)(F)C(=O)OC12CC3CC(C1)C1(OCC(F)(F)C(F)(F)CO1)C(C3)C2.CC1(OC(=O)COc2ccc(Oc3ccc(-[s+]4c5ccccc5c5ccccc54)cc3)cc2)C2CC3CC(C2)CC1C3.CC1(OC(=O)COc2ccc(Oc3ccc(-[s+]4c5ccccc5c5ccccc54)cc3)cc2)C2CC3CC(C2)CC1C3.CCN(CC)CC.[Cl-]. The van der Waals surface area contributed by atoms with Crippen molar-refractivity contribution >= 4 is 85.2 Å². The summed E-state index contributed by atoms with van der Waals surface area (Å²) >= 11 is 0. The number of thiophene rings is 2. The Morgan fingerprint density at radius 2 is 0.571 bits per heavy atom. The van der Waals surface area contributed by atoms with Crippen molar-refractivity contribution in [1.82, 2.24) is 4.90 Å². The highest BCUT2D eigenvalue weighted by Gasteiger charge is 2.73. The molecule has 792 valence electrons. The zero-order valence-corrected chi connectivity index (χ0v) is 85.2. The Hall–Kier alpha value is -9.47. The predicted molar refractivity (Wildman–Crippen MR) is 533 cm³/mol. The van der Waals surface area contributed by atoms with Gasteiger partial charge in [-0.25, -0.2) is 19.2 Å². The Morgan fingerprint density at radius 3 is 0.816 bits per heavy atom. The lowest BCUT2D eigenvalue weighted by Crippen LogP contribution is -3.00. The van der Waals surface area contributed by atoms with Gasteiger partial charge in [0.25, 0.3) is 0 Å². The summed E-state index contributed by atoms with van der Waals surface area (Å²) in [5.41, 5.74) is -2.96. The van der Waals surface area contributed by atoms with Gasteiger partial charge in [-0.3, -0.25) is 0 Å². The van der Waals surface area contributed by atoms with Crippen LogP contribution in [0.1, 0.15) is 184 Å². The first-order valence-electron chi connectivity index (χ1n) is 51.3. The van der Waals surface area contributed by atoms with E-state index in [1.54, 1.807) is 0 Å². The van der Waals surface area contributed by atoms with Gasteiger partial charge in [0.2, 0.25) is 0 Å². The van der Waals surface area contributed by atoms with Crippen molar-refractivity contribution in [2.75, 3.05) is 59.3 Å². The summed E-state index contributed by atoms with van der Waals surface area (Å²) in [5, 5.41) is 5.31. The van der Waals surface area contributed by atoms with E-state index in [0.717, 1.165) is 46.7 Å². The van der Waals surface area contributed by atoms with E-state index < -0.39 is 120 Å². The molecule has 4 heterocycles. The van der Waals surface area contributed by atoms with Gasteiger partial charge in [-0.1, -0.05) is 76.7 Å². The first-order chi connectivity index (χ1) is 69.0. The number of carbonyl (C=O) groups is 4. The molecule has 16 bridgehead atoms. The number of nitrogens with zero attached hydrogens (tertiary/aromatic N) is 1. The first kappa shape index (κ1) is 107. The Kier molecular flexibility index (Phi) is 30.1. The molecule has 147 heavy (non-hydrogen) atoms. The van der Waals surface area contributed by atoms with Crippen molar-refractivity contribution in [2.24, 2.45) is 82.9 Å². The molecular formula is C115H129ClF12NO16S2+. The van der Waals surface area contributed by atoms with Crippen molar-refractivity contribution in [1.29, 1.82) is 0 Å². The van der Waals surface area contributed by atoms with Crippen LogP contribution in [-0.4, -0.2) is 158 Å². The van der Waals surface area contributed by atoms with Crippen molar-refractivity contribution in [3.63, 3.8) is 0 Å². The van der Waals surface area contributed by atoms with Crippen LogP contribution in [0.4, 0.5) is 52.7 Å². The van der Waals surface area contributed by atoms with Gasteiger partial charge in [-0.2, -0.15) is 52.7 Å². The molecule has 17 nitrogen and oxygen atoms in total. The molecule has 28 rings (SSSR count). The Labute approximate surface area is 860 Å². The molecule has 8 aromatic carbocycles. The van der Waals surface area contributed by atoms with Gasteiger partial charge in [0.15, 0.2) is 53.4 Å². The molecule has 16 saturated carbocycles. The third-order valence-electron chi connectivity index (χ3n) is 34.4. The number of carbonyl (C=O) groups excluding carboxylic acids is 4. The van der Waals surface area contributed by atoms with Crippen LogP contribution in [0, 0.1) is 82.9 Å². The molecule has 0 radical (unpaired) electrons. The second kappa shape index (κ2) is 41.3. The third kappa shape index (κ3) is 21.1.